The first kappa shape index (κ1) is 18.8. The minimum atomic E-state index is 0.0265. The van der Waals surface area contributed by atoms with Crippen molar-refractivity contribution in [2.45, 2.75) is 25.7 Å². The van der Waals surface area contributed by atoms with Gasteiger partial charge in [0, 0.05) is 13.1 Å². The summed E-state index contributed by atoms with van der Waals surface area (Å²) in [6.45, 7) is 1.55. The van der Waals surface area contributed by atoms with Gasteiger partial charge in [0.25, 0.3) is 11.1 Å². The smallest absolute Gasteiger partial charge is 0.287 e. The number of hydrogen-bond donors (Lipinski definition) is 2. The Bertz CT molecular complexity index is 1090. The van der Waals surface area contributed by atoms with E-state index in [4.69, 9.17) is 0 Å². The van der Waals surface area contributed by atoms with E-state index < -0.39 is 0 Å². The molecule has 6 nitrogen and oxygen atoms in total. The van der Waals surface area contributed by atoms with Crippen molar-refractivity contribution in [3.63, 3.8) is 0 Å². The second kappa shape index (κ2) is 8.62. The molecule has 0 aliphatic rings. The molecule has 8 heteroatoms. The summed E-state index contributed by atoms with van der Waals surface area (Å²) in [5, 5.41) is 1.53. The van der Waals surface area contributed by atoms with Crippen LogP contribution in [0.4, 0.5) is 0 Å². The average Bonchev–Trinajstić information content (AvgIpc) is 3.21. The molecule has 0 aliphatic carbocycles. The molecule has 0 bridgehead atoms. The Morgan fingerprint density at radius 2 is 1.07 bits per heavy atom. The molecule has 0 fully saturated rings. The predicted molar refractivity (Wildman–Crippen MR) is 119 cm³/mol. The Morgan fingerprint density at radius 1 is 0.643 bits per heavy atom. The van der Waals surface area contributed by atoms with Gasteiger partial charge >= 0.3 is 0 Å². The van der Waals surface area contributed by atoms with Crippen LogP contribution in [0.25, 0.3) is 20.2 Å². The molecule has 28 heavy (non-hydrogen) atoms. The quantitative estimate of drug-likeness (QED) is 0.409. The van der Waals surface area contributed by atoms with Gasteiger partial charge in [-0.3, -0.25) is 9.59 Å². The van der Waals surface area contributed by atoms with Gasteiger partial charge in [-0.1, -0.05) is 37.1 Å². The summed E-state index contributed by atoms with van der Waals surface area (Å²) in [6, 6.07) is 15.3. The van der Waals surface area contributed by atoms with Gasteiger partial charge in [-0.15, -0.1) is 0 Å². The lowest BCUT2D eigenvalue weighted by Gasteiger charge is -2.06. The molecule has 0 radical (unpaired) electrons. The number of fused-ring (bicyclic) bond motifs is 2. The first-order chi connectivity index (χ1) is 13.7. The Balaban J connectivity index is 1.16. The predicted octanol–water partition coefficient (Wildman–Crippen LogP) is 3.79. The Labute approximate surface area is 170 Å². The van der Waals surface area contributed by atoms with Crippen LogP contribution in [0.15, 0.2) is 58.1 Å². The number of nitrogens with zero attached hydrogens (tertiary/aromatic N) is 2. The van der Waals surface area contributed by atoms with Gasteiger partial charge in [-0.05, 0) is 60.2 Å². The first-order valence-electron chi connectivity index (χ1n) is 9.44. The maximum absolute atomic E-state index is 12.2. The minimum absolute atomic E-state index is 0.0265. The van der Waals surface area contributed by atoms with E-state index in [-0.39, 0.29) is 11.1 Å². The third-order valence-corrected chi connectivity index (χ3v) is 6.66. The highest BCUT2D eigenvalue weighted by atomic mass is 32.1. The van der Waals surface area contributed by atoms with E-state index in [1.54, 1.807) is 8.13 Å². The minimum Gasteiger partial charge on any atom is -0.314 e. The third kappa shape index (κ3) is 3.98. The van der Waals surface area contributed by atoms with Crippen LogP contribution < -0.4 is 22.0 Å². The fourth-order valence-electron chi connectivity index (χ4n) is 3.12. The molecule has 2 N–H and O–H groups in total. The normalized spacial score (nSPS) is 11.3. The zero-order valence-electron chi connectivity index (χ0n) is 15.4. The topological polar surface area (TPSA) is 68.1 Å². The molecule has 2 heterocycles. The van der Waals surface area contributed by atoms with Crippen molar-refractivity contribution in [3.05, 3.63) is 69.2 Å². The van der Waals surface area contributed by atoms with Crippen LogP contribution in [0.5, 0.6) is 0 Å². The van der Waals surface area contributed by atoms with Crippen molar-refractivity contribution >= 4 is 43.2 Å². The molecule has 2 aromatic carbocycles. The molecule has 4 aromatic rings. The highest BCUT2D eigenvalue weighted by Crippen LogP contribution is 2.15. The van der Waals surface area contributed by atoms with E-state index in [0.29, 0.717) is 0 Å². The zero-order valence-corrected chi connectivity index (χ0v) is 17.0. The summed E-state index contributed by atoms with van der Waals surface area (Å²) in [5.74, 6) is 0. The number of hydrogen-bond acceptors (Lipinski definition) is 6. The van der Waals surface area contributed by atoms with E-state index in [0.717, 1.165) is 58.9 Å². The SMILES string of the molecule is O=c1c2ccccc2sn1NCCCCCCNn1sc2ccccc2c1=O. The lowest BCUT2D eigenvalue weighted by atomic mass is 10.2. The highest BCUT2D eigenvalue weighted by molar-refractivity contribution is 7.14. The van der Waals surface area contributed by atoms with E-state index in [2.05, 4.69) is 10.9 Å². The van der Waals surface area contributed by atoms with Gasteiger partial charge in [0.2, 0.25) is 0 Å². The molecular weight excluding hydrogens is 392 g/mol. The average molecular weight is 415 g/mol. The second-order valence-corrected chi connectivity index (χ2v) is 8.58. The molecule has 0 amide bonds. The largest absolute Gasteiger partial charge is 0.314 e. The molecule has 0 atom stereocenters. The van der Waals surface area contributed by atoms with Crippen LogP contribution in [0, 0.1) is 0 Å². The molecule has 2 aromatic heterocycles. The van der Waals surface area contributed by atoms with Gasteiger partial charge in [0.05, 0.1) is 20.2 Å². The van der Waals surface area contributed by atoms with Crippen molar-refractivity contribution < 1.29 is 0 Å². The van der Waals surface area contributed by atoms with Crippen molar-refractivity contribution in [2.24, 2.45) is 0 Å². The van der Waals surface area contributed by atoms with Gasteiger partial charge < -0.3 is 10.9 Å². The monoisotopic (exact) mass is 414 g/mol. The molecular formula is C20H22N4O2S2. The van der Waals surface area contributed by atoms with Gasteiger partial charge in [-0.2, -0.15) is 8.13 Å². The van der Waals surface area contributed by atoms with E-state index >= 15 is 0 Å². The summed E-state index contributed by atoms with van der Waals surface area (Å²) >= 11 is 2.90. The summed E-state index contributed by atoms with van der Waals surface area (Å²) in [6.07, 6.45) is 4.17. The van der Waals surface area contributed by atoms with E-state index in [9.17, 15) is 9.59 Å². The van der Waals surface area contributed by atoms with Gasteiger partial charge in [0.1, 0.15) is 0 Å². The fraction of sp³-hybridized carbons (Fsp3) is 0.300. The summed E-state index contributed by atoms with van der Waals surface area (Å²) < 4.78 is 5.25. The highest BCUT2D eigenvalue weighted by Gasteiger charge is 2.06. The summed E-state index contributed by atoms with van der Waals surface area (Å²) in [7, 11) is 0. The van der Waals surface area contributed by atoms with Crippen LogP contribution >= 0.6 is 23.1 Å². The Kier molecular flexibility index (Phi) is 5.78. The van der Waals surface area contributed by atoms with Crippen LogP contribution in [0.2, 0.25) is 0 Å². The number of rotatable bonds is 9. The maximum atomic E-state index is 12.2. The molecule has 146 valence electrons. The van der Waals surface area contributed by atoms with Crippen LogP contribution in [0.1, 0.15) is 25.7 Å². The van der Waals surface area contributed by atoms with Crippen molar-refractivity contribution in [1.82, 2.24) is 8.13 Å². The van der Waals surface area contributed by atoms with Crippen LogP contribution in [-0.2, 0) is 0 Å². The third-order valence-electron chi connectivity index (χ3n) is 4.60. The molecule has 0 saturated carbocycles. The molecule has 0 spiro atoms. The van der Waals surface area contributed by atoms with Crippen molar-refractivity contribution in [3.8, 4) is 0 Å². The Hall–Kier alpha value is -2.58. The number of unbranched alkanes of at least 4 members (excludes halogenated alkanes) is 3. The summed E-state index contributed by atoms with van der Waals surface area (Å²) in [4.78, 5) is 24.5. The fourth-order valence-corrected chi connectivity index (χ4v) is 4.97. The number of aromatic nitrogens is 2. The van der Waals surface area contributed by atoms with Crippen molar-refractivity contribution in [2.75, 3.05) is 23.9 Å². The second-order valence-electron chi connectivity index (χ2n) is 6.60. The van der Waals surface area contributed by atoms with Crippen LogP contribution in [0.3, 0.4) is 0 Å². The molecule has 0 saturated heterocycles. The lowest BCUT2D eigenvalue weighted by molar-refractivity contribution is 0.643. The molecule has 4 rings (SSSR count). The maximum Gasteiger partial charge on any atom is 0.287 e. The van der Waals surface area contributed by atoms with Crippen molar-refractivity contribution in [1.29, 1.82) is 0 Å². The van der Waals surface area contributed by atoms with Gasteiger partial charge in [0.15, 0.2) is 0 Å². The number of benzene rings is 2. The Morgan fingerprint density at radius 3 is 1.50 bits per heavy atom. The van der Waals surface area contributed by atoms with Gasteiger partial charge in [-0.25, -0.2) is 0 Å². The molecule has 0 aliphatic heterocycles. The van der Waals surface area contributed by atoms with E-state index in [1.165, 1.54) is 23.1 Å². The number of nitrogens with one attached hydrogen (secondary N) is 2. The standard InChI is InChI=1S/C20H22N4O2S2/c25-19-15-9-3-5-11-17(15)27-23(19)21-13-7-1-2-8-14-22-24-20(26)16-10-4-6-12-18(16)28-24/h3-6,9-12,21-22H,1-2,7-8,13-14H2. The van der Waals surface area contributed by atoms with E-state index in [1.807, 2.05) is 48.5 Å². The van der Waals surface area contributed by atoms with Crippen LogP contribution in [-0.4, -0.2) is 21.2 Å². The molecule has 0 unspecified atom stereocenters. The zero-order chi connectivity index (χ0) is 19.3. The first-order valence-corrected chi connectivity index (χ1v) is 11.0. The summed E-state index contributed by atoms with van der Waals surface area (Å²) in [5.41, 5.74) is 6.46. The lowest BCUT2D eigenvalue weighted by Crippen LogP contribution is -2.25.